The van der Waals surface area contributed by atoms with Gasteiger partial charge in [-0.15, -0.1) is 6.58 Å². The molecular formula is C12H14ClNO2. The lowest BCUT2D eigenvalue weighted by Crippen LogP contribution is -2.31. The minimum Gasteiger partial charge on any atom is -0.465 e. The molecule has 86 valence electrons. The first kappa shape index (κ1) is 12.6. The molecule has 1 aromatic rings. The molecule has 16 heavy (non-hydrogen) atoms. The van der Waals surface area contributed by atoms with Crippen LogP contribution in [-0.4, -0.2) is 29.2 Å². The van der Waals surface area contributed by atoms with Crippen molar-refractivity contribution >= 4 is 17.7 Å². The Bertz CT molecular complexity index is 379. The summed E-state index contributed by atoms with van der Waals surface area (Å²) >= 11 is 5.84. The molecule has 0 heterocycles. The monoisotopic (exact) mass is 239 g/mol. The second kappa shape index (κ2) is 6.18. The summed E-state index contributed by atoms with van der Waals surface area (Å²) in [6.45, 7) is 4.32. The van der Waals surface area contributed by atoms with Crippen molar-refractivity contribution in [1.82, 2.24) is 4.90 Å². The fraction of sp³-hybridized carbons (Fsp3) is 0.250. The molecule has 0 aliphatic heterocycles. The maximum Gasteiger partial charge on any atom is 0.407 e. The van der Waals surface area contributed by atoms with Gasteiger partial charge in [0, 0.05) is 18.1 Å². The predicted molar refractivity (Wildman–Crippen MR) is 65.0 cm³/mol. The molecule has 0 unspecified atom stereocenters. The number of halogens is 1. The maximum absolute atomic E-state index is 10.8. The molecule has 1 N–H and O–H groups in total. The topological polar surface area (TPSA) is 40.5 Å². The molecule has 1 amide bonds. The first-order chi connectivity index (χ1) is 7.63. The third kappa shape index (κ3) is 3.95. The largest absolute Gasteiger partial charge is 0.465 e. The zero-order chi connectivity index (χ0) is 12.0. The standard InChI is InChI=1S/C12H14ClNO2/c1-2-7-14(12(15)16)8-6-10-4-3-5-11(13)9-10/h2-5,9H,1,6-8H2,(H,15,16). The minimum absolute atomic E-state index is 0.343. The molecule has 4 heteroatoms. The Morgan fingerprint density at radius 2 is 2.31 bits per heavy atom. The summed E-state index contributed by atoms with van der Waals surface area (Å²) < 4.78 is 0. The van der Waals surface area contributed by atoms with Gasteiger partial charge in [-0.1, -0.05) is 29.8 Å². The van der Waals surface area contributed by atoms with Crippen LogP contribution >= 0.6 is 11.6 Å². The molecule has 0 fully saturated rings. The normalized spacial score (nSPS) is 9.81. The summed E-state index contributed by atoms with van der Waals surface area (Å²) in [7, 11) is 0. The average molecular weight is 240 g/mol. The summed E-state index contributed by atoms with van der Waals surface area (Å²) in [6, 6.07) is 7.43. The fourth-order valence-electron chi connectivity index (χ4n) is 1.38. The smallest absolute Gasteiger partial charge is 0.407 e. The van der Waals surface area contributed by atoms with Gasteiger partial charge < -0.3 is 10.0 Å². The van der Waals surface area contributed by atoms with E-state index < -0.39 is 6.09 Å². The molecule has 0 aromatic heterocycles. The first-order valence-corrected chi connectivity index (χ1v) is 5.34. The van der Waals surface area contributed by atoms with Crippen molar-refractivity contribution < 1.29 is 9.90 Å². The molecule has 0 saturated carbocycles. The third-order valence-electron chi connectivity index (χ3n) is 2.18. The molecule has 0 aliphatic rings. The number of amides is 1. The Hall–Kier alpha value is -1.48. The van der Waals surface area contributed by atoms with Gasteiger partial charge in [-0.3, -0.25) is 0 Å². The summed E-state index contributed by atoms with van der Waals surface area (Å²) in [6.07, 6.45) is 1.30. The van der Waals surface area contributed by atoms with E-state index in [1.165, 1.54) is 4.90 Å². The number of hydrogen-bond acceptors (Lipinski definition) is 1. The molecule has 0 spiro atoms. The molecular weight excluding hydrogens is 226 g/mol. The van der Waals surface area contributed by atoms with Crippen molar-refractivity contribution in [1.29, 1.82) is 0 Å². The minimum atomic E-state index is -0.929. The van der Waals surface area contributed by atoms with Crippen LogP contribution in [-0.2, 0) is 6.42 Å². The first-order valence-electron chi connectivity index (χ1n) is 4.96. The van der Waals surface area contributed by atoms with Crippen LogP contribution in [0.1, 0.15) is 5.56 Å². The molecule has 0 atom stereocenters. The van der Waals surface area contributed by atoms with Crippen LogP contribution in [0, 0.1) is 0 Å². The van der Waals surface area contributed by atoms with E-state index in [1.807, 2.05) is 18.2 Å². The second-order valence-electron chi connectivity index (χ2n) is 3.40. The fourth-order valence-corrected chi connectivity index (χ4v) is 1.59. The van der Waals surface area contributed by atoms with E-state index in [-0.39, 0.29) is 0 Å². The van der Waals surface area contributed by atoms with Crippen LogP contribution in [0.2, 0.25) is 5.02 Å². The zero-order valence-corrected chi connectivity index (χ0v) is 9.65. The third-order valence-corrected chi connectivity index (χ3v) is 2.41. The lowest BCUT2D eigenvalue weighted by atomic mass is 10.1. The van der Waals surface area contributed by atoms with Crippen LogP contribution in [0.15, 0.2) is 36.9 Å². The highest BCUT2D eigenvalue weighted by molar-refractivity contribution is 6.30. The Morgan fingerprint density at radius 3 is 2.88 bits per heavy atom. The molecule has 3 nitrogen and oxygen atoms in total. The van der Waals surface area contributed by atoms with Gasteiger partial charge in [0.2, 0.25) is 0 Å². The summed E-state index contributed by atoms with van der Waals surface area (Å²) in [4.78, 5) is 12.1. The van der Waals surface area contributed by atoms with Crippen molar-refractivity contribution in [3.63, 3.8) is 0 Å². The van der Waals surface area contributed by atoms with Gasteiger partial charge in [-0.25, -0.2) is 4.79 Å². The molecule has 0 aliphatic carbocycles. The van der Waals surface area contributed by atoms with E-state index in [2.05, 4.69) is 6.58 Å². The molecule has 0 bridgehead atoms. The van der Waals surface area contributed by atoms with Crippen LogP contribution < -0.4 is 0 Å². The van der Waals surface area contributed by atoms with E-state index in [1.54, 1.807) is 12.1 Å². The van der Waals surface area contributed by atoms with Crippen molar-refractivity contribution in [3.05, 3.63) is 47.5 Å². The highest BCUT2D eigenvalue weighted by atomic mass is 35.5. The van der Waals surface area contributed by atoms with Crippen LogP contribution in [0.25, 0.3) is 0 Å². The van der Waals surface area contributed by atoms with Gasteiger partial charge in [0.25, 0.3) is 0 Å². The number of rotatable bonds is 5. The highest BCUT2D eigenvalue weighted by Gasteiger charge is 2.09. The van der Waals surface area contributed by atoms with Crippen molar-refractivity contribution in [2.75, 3.05) is 13.1 Å². The second-order valence-corrected chi connectivity index (χ2v) is 3.83. The number of hydrogen-bond donors (Lipinski definition) is 1. The Morgan fingerprint density at radius 1 is 1.56 bits per heavy atom. The van der Waals surface area contributed by atoms with Gasteiger partial charge >= 0.3 is 6.09 Å². The Kier molecular flexibility index (Phi) is 4.86. The molecule has 0 radical (unpaired) electrons. The number of nitrogens with zero attached hydrogens (tertiary/aromatic N) is 1. The van der Waals surface area contributed by atoms with E-state index in [9.17, 15) is 4.79 Å². The quantitative estimate of drug-likeness (QED) is 0.803. The average Bonchev–Trinajstić information content (AvgIpc) is 2.24. The molecule has 1 rings (SSSR count). The van der Waals surface area contributed by atoms with Crippen molar-refractivity contribution in [2.45, 2.75) is 6.42 Å². The number of benzene rings is 1. The van der Waals surface area contributed by atoms with Crippen LogP contribution in [0.3, 0.4) is 0 Å². The SMILES string of the molecule is C=CCN(CCc1cccc(Cl)c1)C(=O)O. The number of carboxylic acid groups (broad SMARTS) is 1. The van der Waals surface area contributed by atoms with Gasteiger partial charge in [0.15, 0.2) is 0 Å². The summed E-state index contributed by atoms with van der Waals surface area (Å²) in [5, 5.41) is 9.56. The van der Waals surface area contributed by atoms with E-state index in [0.29, 0.717) is 24.5 Å². The summed E-state index contributed by atoms with van der Waals surface area (Å²) in [5.41, 5.74) is 1.03. The lowest BCUT2D eigenvalue weighted by Gasteiger charge is -2.16. The maximum atomic E-state index is 10.8. The number of carbonyl (C=O) groups is 1. The zero-order valence-electron chi connectivity index (χ0n) is 8.90. The Balaban J connectivity index is 2.55. The van der Waals surface area contributed by atoms with Crippen molar-refractivity contribution in [3.8, 4) is 0 Å². The predicted octanol–water partition coefficient (Wildman–Crippen LogP) is 3.05. The lowest BCUT2D eigenvalue weighted by molar-refractivity contribution is 0.151. The van der Waals surface area contributed by atoms with E-state index in [0.717, 1.165) is 5.56 Å². The van der Waals surface area contributed by atoms with Gasteiger partial charge in [0.1, 0.15) is 0 Å². The highest BCUT2D eigenvalue weighted by Crippen LogP contribution is 2.11. The van der Waals surface area contributed by atoms with Crippen molar-refractivity contribution in [2.24, 2.45) is 0 Å². The van der Waals surface area contributed by atoms with Gasteiger partial charge in [0.05, 0.1) is 0 Å². The molecule has 1 aromatic carbocycles. The van der Waals surface area contributed by atoms with E-state index >= 15 is 0 Å². The van der Waals surface area contributed by atoms with Crippen LogP contribution in [0.5, 0.6) is 0 Å². The van der Waals surface area contributed by atoms with E-state index in [4.69, 9.17) is 16.7 Å². The van der Waals surface area contributed by atoms with Gasteiger partial charge in [-0.05, 0) is 24.1 Å². The molecule has 0 saturated heterocycles. The summed E-state index contributed by atoms with van der Waals surface area (Å²) in [5.74, 6) is 0. The van der Waals surface area contributed by atoms with Gasteiger partial charge in [-0.2, -0.15) is 0 Å². The van der Waals surface area contributed by atoms with Crippen LogP contribution in [0.4, 0.5) is 4.79 Å². The Labute approximate surface area is 100.0 Å².